The molecule has 2 aliphatic heterocycles. The summed E-state index contributed by atoms with van der Waals surface area (Å²) in [5.74, 6) is 0.698. The van der Waals surface area contributed by atoms with Crippen molar-refractivity contribution in [1.82, 2.24) is 10.6 Å². The fraction of sp³-hybridized carbons (Fsp3) is 0.214. The van der Waals surface area contributed by atoms with Crippen molar-refractivity contribution < 1.29 is 23.8 Å². The number of hydrogen-bond acceptors (Lipinski definition) is 8. The number of hydrogen-bond donors (Lipinski definition) is 3. The number of halogens is 2. The molecule has 9 nitrogen and oxygen atoms in total. The van der Waals surface area contributed by atoms with E-state index in [1.165, 1.54) is 7.11 Å². The van der Waals surface area contributed by atoms with Crippen molar-refractivity contribution in [3.8, 4) is 28.7 Å². The maximum Gasteiger partial charge on any atom is 0.328 e. The Morgan fingerprint density at radius 1 is 0.906 bits per heavy atom. The van der Waals surface area contributed by atoms with Crippen LogP contribution in [0.1, 0.15) is 39.5 Å². The largest absolute Gasteiger partial charge is 0.489 e. The quantitative estimate of drug-likeness (QED) is 0.125. The number of ether oxygens (including phenoxy) is 3. The average molecular weight is 748 g/mol. The summed E-state index contributed by atoms with van der Waals surface area (Å²) in [7, 11) is 1.32. The van der Waals surface area contributed by atoms with Gasteiger partial charge in [0.2, 0.25) is 5.91 Å². The lowest BCUT2D eigenvalue weighted by Crippen LogP contribution is -2.53. The van der Waals surface area contributed by atoms with E-state index in [-0.39, 0.29) is 18.4 Å². The molecule has 0 fully saturated rings. The number of fused-ring (bicyclic) bond motifs is 2. The Morgan fingerprint density at radius 3 is 2.32 bits per heavy atom. The van der Waals surface area contributed by atoms with Gasteiger partial charge in [-0.3, -0.25) is 4.79 Å². The predicted octanol–water partition coefficient (Wildman–Crippen LogP) is 7.57. The summed E-state index contributed by atoms with van der Waals surface area (Å²) in [5.41, 5.74) is 8.34. The number of benzene rings is 5. The van der Waals surface area contributed by atoms with Crippen molar-refractivity contribution in [2.24, 2.45) is 0 Å². The van der Waals surface area contributed by atoms with Crippen molar-refractivity contribution in [1.29, 1.82) is 5.26 Å². The lowest BCUT2D eigenvalue weighted by atomic mass is 9.93. The van der Waals surface area contributed by atoms with Crippen LogP contribution in [0, 0.1) is 11.3 Å². The monoisotopic (exact) mass is 746 g/mol. The van der Waals surface area contributed by atoms with Crippen molar-refractivity contribution in [3.05, 3.63) is 147 Å². The minimum Gasteiger partial charge on any atom is -0.489 e. The summed E-state index contributed by atoms with van der Waals surface area (Å²) in [5, 5.41) is 19.8. The molecule has 5 aromatic rings. The van der Waals surface area contributed by atoms with E-state index in [4.69, 9.17) is 42.7 Å². The highest BCUT2D eigenvalue weighted by atomic mass is 35.5. The molecular formula is C42H36Cl2N4O5. The normalized spacial score (nSPS) is 16.4. The van der Waals surface area contributed by atoms with E-state index in [0.717, 1.165) is 56.1 Å². The number of rotatable bonds is 10. The van der Waals surface area contributed by atoms with Gasteiger partial charge in [0, 0.05) is 13.0 Å². The summed E-state index contributed by atoms with van der Waals surface area (Å²) < 4.78 is 17.4. The van der Waals surface area contributed by atoms with E-state index in [1.807, 2.05) is 72.8 Å². The summed E-state index contributed by atoms with van der Waals surface area (Å²) in [6.45, 7) is 1.42. The van der Waals surface area contributed by atoms with Crippen molar-refractivity contribution in [2.45, 2.75) is 44.2 Å². The minimum atomic E-state index is -0.852. The van der Waals surface area contributed by atoms with Gasteiger partial charge in [0.05, 0.1) is 47.1 Å². The summed E-state index contributed by atoms with van der Waals surface area (Å²) >= 11 is 12.1. The highest BCUT2D eigenvalue weighted by Gasteiger charge is 2.31. The SMILES string of the molecule is COC(=O)[C@H](Cc1ccc(-c2ccc(C#N)cc2)cc1)NC(=O)C1Cc2cc3c(cc2CN1)O[C@@H](c1ccc(OCc2ccc(Cl)c(Cl)c2)cc1)CN3. The van der Waals surface area contributed by atoms with E-state index < -0.39 is 18.1 Å². The number of methoxy groups -OCH3 is 1. The molecule has 0 radical (unpaired) electrons. The number of amides is 1. The first-order valence-corrected chi connectivity index (χ1v) is 18.0. The molecule has 0 saturated carbocycles. The second-order valence-electron chi connectivity index (χ2n) is 13.0. The summed E-state index contributed by atoms with van der Waals surface area (Å²) in [6, 6.07) is 33.2. The lowest BCUT2D eigenvalue weighted by Gasteiger charge is -2.32. The molecule has 1 unspecified atom stereocenters. The number of esters is 1. The molecule has 268 valence electrons. The molecule has 53 heavy (non-hydrogen) atoms. The standard InChI is InChI=1S/C42H36Cl2N4O5/c1-51-42(50)38(17-25-2-7-28(8-3-25)29-9-4-26(21-45)5-10-29)48-41(49)37-19-31-18-36-39(20-32(31)22-46-37)53-40(23-47-36)30-11-13-33(14-12-30)52-24-27-6-15-34(43)35(44)16-27/h2-16,18,20,37-38,40,46-47H,17,19,22-24H2,1H3,(H,48,49)/t37?,38-,40+/m0/s1. The Hall–Kier alpha value is -5.53. The first-order valence-electron chi connectivity index (χ1n) is 17.2. The molecule has 0 aromatic heterocycles. The fourth-order valence-corrected chi connectivity index (χ4v) is 6.86. The smallest absolute Gasteiger partial charge is 0.328 e. The van der Waals surface area contributed by atoms with Crippen molar-refractivity contribution in [3.63, 3.8) is 0 Å². The molecule has 0 aliphatic carbocycles. The van der Waals surface area contributed by atoms with Crippen LogP contribution in [0.2, 0.25) is 10.0 Å². The van der Waals surface area contributed by atoms with Gasteiger partial charge >= 0.3 is 5.97 Å². The number of nitriles is 1. The van der Waals surface area contributed by atoms with E-state index in [2.05, 4.69) is 28.1 Å². The van der Waals surface area contributed by atoms with E-state index in [1.54, 1.807) is 24.3 Å². The Kier molecular flexibility index (Phi) is 10.8. The van der Waals surface area contributed by atoms with Crippen LogP contribution in [0.15, 0.2) is 103 Å². The summed E-state index contributed by atoms with van der Waals surface area (Å²) in [6.07, 6.45) is 0.540. The zero-order valence-electron chi connectivity index (χ0n) is 28.8. The molecule has 0 spiro atoms. The molecule has 5 aromatic carbocycles. The molecule has 2 aliphatic rings. The van der Waals surface area contributed by atoms with E-state index >= 15 is 0 Å². The van der Waals surface area contributed by atoms with Crippen LogP contribution in [0.25, 0.3) is 11.1 Å². The van der Waals surface area contributed by atoms with Crippen LogP contribution in [0.5, 0.6) is 11.5 Å². The molecule has 3 atom stereocenters. The number of anilines is 1. The Morgan fingerprint density at radius 2 is 1.62 bits per heavy atom. The third-order valence-electron chi connectivity index (χ3n) is 9.51. The van der Waals surface area contributed by atoms with Gasteiger partial charge in [-0.1, -0.05) is 77.8 Å². The second-order valence-corrected chi connectivity index (χ2v) is 13.8. The van der Waals surface area contributed by atoms with Gasteiger partial charge in [0.15, 0.2) is 0 Å². The molecular weight excluding hydrogens is 711 g/mol. The zero-order chi connectivity index (χ0) is 36.9. The lowest BCUT2D eigenvalue weighted by molar-refractivity contribution is -0.145. The van der Waals surface area contributed by atoms with Gasteiger partial charge in [-0.25, -0.2) is 4.79 Å². The minimum absolute atomic E-state index is 0.192. The Labute approximate surface area is 317 Å². The number of nitrogens with zero attached hydrogens (tertiary/aromatic N) is 1. The van der Waals surface area contributed by atoms with Crippen molar-refractivity contribution >= 4 is 40.8 Å². The third kappa shape index (κ3) is 8.42. The van der Waals surface area contributed by atoms with Gasteiger partial charge in [-0.2, -0.15) is 5.26 Å². The van der Waals surface area contributed by atoms with Crippen molar-refractivity contribution in [2.75, 3.05) is 19.0 Å². The van der Waals surface area contributed by atoms with E-state index in [0.29, 0.717) is 41.7 Å². The van der Waals surface area contributed by atoms with Crippen LogP contribution >= 0.6 is 23.2 Å². The molecule has 0 bridgehead atoms. The molecule has 2 heterocycles. The average Bonchev–Trinajstić information content (AvgIpc) is 3.20. The van der Waals surface area contributed by atoms with Gasteiger partial charge in [0.1, 0.15) is 30.3 Å². The topological polar surface area (TPSA) is 122 Å². The maximum atomic E-state index is 13.5. The van der Waals surface area contributed by atoms with Gasteiger partial charge < -0.3 is 30.2 Å². The highest BCUT2D eigenvalue weighted by Crippen LogP contribution is 2.38. The number of carbonyl (C=O) groups is 2. The first-order chi connectivity index (χ1) is 25.8. The number of nitrogens with one attached hydrogen (secondary N) is 3. The predicted molar refractivity (Wildman–Crippen MR) is 204 cm³/mol. The fourth-order valence-electron chi connectivity index (χ4n) is 6.54. The van der Waals surface area contributed by atoms with Crippen LogP contribution in [-0.4, -0.2) is 37.6 Å². The molecule has 0 saturated heterocycles. The first kappa shape index (κ1) is 35.9. The number of carbonyl (C=O) groups excluding carboxylic acids is 2. The van der Waals surface area contributed by atoms with Crippen LogP contribution in [-0.2, 0) is 40.3 Å². The molecule has 11 heteroatoms. The van der Waals surface area contributed by atoms with Crippen LogP contribution in [0.3, 0.4) is 0 Å². The molecule has 7 rings (SSSR count). The highest BCUT2D eigenvalue weighted by molar-refractivity contribution is 6.42. The Balaban J connectivity index is 0.949. The van der Waals surface area contributed by atoms with Gasteiger partial charge in [0.25, 0.3) is 0 Å². The molecule has 3 N–H and O–H groups in total. The van der Waals surface area contributed by atoms with E-state index in [9.17, 15) is 9.59 Å². The summed E-state index contributed by atoms with van der Waals surface area (Å²) in [4.78, 5) is 26.3. The second kappa shape index (κ2) is 16.0. The Bertz CT molecular complexity index is 2170. The maximum absolute atomic E-state index is 13.5. The van der Waals surface area contributed by atoms with Gasteiger partial charge in [-0.05, 0) is 93.9 Å². The molecule has 1 amide bonds. The third-order valence-corrected chi connectivity index (χ3v) is 10.3. The van der Waals surface area contributed by atoms with Crippen LogP contribution < -0.4 is 25.4 Å². The van der Waals surface area contributed by atoms with Crippen LogP contribution in [0.4, 0.5) is 5.69 Å². The van der Waals surface area contributed by atoms with Gasteiger partial charge in [-0.15, -0.1) is 0 Å². The zero-order valence-corrected chi connectivity index (χ0v) is 30.3.